The van der Waals surface area contributed by atoms with E-state index in [2.05, 4.69) is 15.4 Å². The van der Waals surface area contributed by atoms with Gasteiger partial charge < -0.3 is 20.3 Å². The van der Waals surface area contributed by atoms with E-state index in [0.29, 0.717) is 16.3 Å². The molecule has 2 aromatic carbocycles. The normalized spacial score (nSPS) is 21.2. The molecule has 0 aliphatic carbocycles. The van der Waals surface area contributed by atoms with Crippen LogP contribution in [0, 0.1) is 11.3 Å². The molecule has 2 aromatic rings. The van der Waals surface area contributed by atoms with Crippen molar-refractivity contribution in [3.63, 3.8) is 0 Å². The predicted octanol–water partition coefficient (Wildman–Crippen LogP) is 4.49. The molecule has 1 fully saturated rings. The highest BCUT2D eigenvalue weighted by Crippen LogP contribution is 2.47. The molecule has 2 aliphatic rings. The van der Waals surface area contributed by atoms with E-state index >= 15 is 0 Å². The van der Waals surface area contributed by atoms with Crippen molar-refractivity contribution in [2.75, 3.05) is 11.9 Å². The Balaban J connectivity index is 1.62. The van der Waals surface area contributed by atoms with Gasteiger partial charge in [0.25, 0.3) is 5.91 Å². The van der Waals surface area contributed by atoms with Crippen molar-refractivity contribution in [2.45, 2.75) is 56.2 Å². The van der Waals surface area contributed by atoms with Crippen molar-refractivity contribution < 1.29 is 36.7 Å². The maximum Gasteiger partial charge on any atom is 0.573 e. The van der Waals surface area contributed by atoms with Gasteiger partial charge in [0.2, 0.25) is 11.8 Å². The van der Waals surface area contributed by atoms with Gasteiger partial charge >= 0.3 is 6.36 Å². The number of nitriles is 1. The lowest BCUT2D eigenvalue weighted by Gasteiger charge is -2.30. The number of nitrogens with zero attached hydrogens (tertiary/aromatic N) is 2. The summed E-state index contributed by atoms with van der Waals surface area (Å²) in [7, 11) is 0. The molecule has 2 N–H and O–H groups in total. The first-order chi connectivity index (χ1) is 18.1. The fourth-order valence-electron chi connectivity index (χ4n) is 4.96. The van der Waals surface area contributed by atoms with Gasteiger partial charge in [0.15, 0.2) is 0 Å². The molecule has 2 heterocycles. The Morgan fingerprint density at radius 2 is 1.97 bits per heavy atom. The minimum Gasteiger partial charge on any atom is -0.406 e. The standard InChI is InChI=1S/C26H23ClF4N4O4/c1-24(2,28)11-20(33-21(36)14-4-3-5-17(8-14)39-26(29,30)31)22(37)35-13-25(10-16(35)12-32)18-9-15(27)6-7-19(18)34-23(25)38/h3-9,16,20H,10-11,13H2,1-2H3,(H,33,36)(H,34,38)/t16?,20-,25-/m0/s1. The molecule has 4 rings (SSSR count). The number of anilines is 1. The second-order valence-corrected chi connectivity index (χ2v) is 10.5. The number of carbonyl (C=O) groups excluding carboxylic acids is 3. The molecule has 3 amide bonds. The molecule has 0 radical (unpaired) electrons. The second-order valence-electron chi connectivity index (χ2n) is 10.1. The van der Waals surface area contributed by atoms with Crippen LogP contribution in [0.4, 0.5) is 23.2 Å². The van der Waals surface area contributed by atoms with Crippen molar-refractivity contribution in [1.29, 1.82) is 5.26 Å². The van der Waals surface area contributed by atoms with Crippen LogP contribution in [0.2, 0.25) is 5.02 Å². The van der Waals surface area contributed by atoms with Gasteiger partial charge in [0.1, 0.15) is 23.5 Å². The number of ether oxygens (including phenoxy) is 1. The fourth-order valence-corrected chi connectivity index (χ4v) is 5.13. The van der Waals surface area contributed by atoms with Crippen LogP contribution in [0.25, 0.3) is 0 Å². The van der Waals surface area contributed by atoms with Gasteiger partial charge in [-0.15, -0.1) is 13.2 Å². The summed E-state index contributed by atoms with van der Waals surface area (Å²) in [4.78, 5) is 40.8. The van der Waals surface area contributed by atoms with Crippen molar-refractivity contribution in [3.8, 4) is 11.8 Å². The zero-order valence-corrected chi connectivity index (χ0v) is 21.5. The van der Waals surface area contributed by atoms with Crippen LogP contribution in [0.5, 0.6) is 5.75 Å². The van der Waals surface area contributed by atoms with Gasteiger partial charge in [-0.05, 0) is 55.8 Å². The molecule has 0 bridgehead atoms. The number of hydrogen-bond acceptors (Lipinski definition) is 5. The minimum atomic E-state index is -4.99. The highest BCUT2D eigenvalue weighted by atomic mass is 35.5. The fraction of sp³-hybridized carbons (Fsp3) is 0.385. The number of hydrogen-bond donors (Lipinski definition) is 2. The third kappa shape index (κ3) is 5.93. The first-order valence-electron chi connectivity index (χ1n) is 11.8. The number of benzene rings is 2. The van der Waals surface area contributed by atoms with Crippen molar-refractivity contribution in [2.24, 2.45) is 0 Å². The number of rotatable bonds is 6. The predicted molar refractivity (Wildman–Crippen MR) is 132 cm³/mol. The quantitative estimate of drug-likeness (QED) is 0.501. The molecule has 206 valence electrons. The number of fused-ring (bicyclic) bond motifs is 2. The van der Waals surface area contributed by atoms with Gasteiger partial charge in [0, 0.05) is 35.7 Å². The Hall–Kier alpha value is -3.85. The van der Waals surface area contributed by atoms with E-state index in [1.165, 1.54) is 19.9 Å². The Labute approximate surface area is 225 Å². The van der Waals surface area contributed by atoms with Crippen LogP contribution in [-0.4, -0.2) is 53.3 Å². The summed E-state index contributed by atoms with van der Waals surface area (Å²) in [6.45, 7) is 2.15. The van der Waals surface area contributed by atoms with E-state index in [0.717, 1.165) is 23.1 Å². The molecule has 0 saturated carbocycles. The lowest BCUT2D eigenvalue weighted by atomic mass is 9.80. The Kier molecular flexibility index (Phi) is 7.25. The Morgan fingerprint density at radius 3 is 2.62 bits per heavy atom. The third-order valence-electron chi connectivity index (χ3n) is 6.59. The summed E-state index contributed by atoms with van der Waals surface area (Å²) in [6, 6.07) is 8.38. The lowest BCUT2D eigenvalue weighted by Crippen LogP contribution is -2.52. The zero-order valence-electron chi connectivity index (χ0n) is 20.7. The van der Waals surface area contributed by atoms with Gasteiger partial charge in [-0.3, -0.25) is 14.4 Å². The molecule has 8 nitrogen and oxygen atoms in total. The molecule has 2 aliphatic heterocycles. The molecular formula is C26H23ClF4N4O4. The number of alkyl halides is 4. The molecule has 39 heavy (non-hydrogen) atoms. The largest absolute Gasteiger partial charge is 0.573 e. The molecule has 1 spiro atoms. The monoisotopic (exact) mass is 566 g/mol. The summed E-state index contributed by atoms with van der Waals surface area (Å²) in [5.74, 6) is -2.85. The van der Waals surface area contributed by atoms with E-state index in [1.807, 2.05) is 6.07 Å². The van der Waals surface area contributed by atoms with Crippen molar-refractivity contribution >= 4 is 35.0 Å². The van der Waals surface area contributed by atoms with E-state index in [-0.39, 0.29) is 18.5 Å². The molecular weight excluding hydrogens is 544 g/mol. The maximum absolute atomic E-state index is 14.8. The Morgan fingerprint density at radius 1 is 1.26 bits per heavy atom. The molecule has 13 heteroatoms. The van der Waals surface area contributed by atoms with Crippen LogP contribution in [0.1, 0.15) is 42.6 Å². The topological polar surface area (TPSA) is 112 Å². The molecule has 1 saturated heterocycles. The van der Waals surface area contributed by atoms with Gasteiger partial charge in [-0.25, -0.2) is 4.39 Å². The summed E-state index contributed by atoms with van der Waals surface area (Å²) >= 11 is 6.14. The number of amides is 3. The van der Waals surface area contributed by atoms with Crippen LogP contribution >= 0.6 is 11.6 Å². The van der Waals surface area contributed by atoms with Gasteiger partial charge in [0.05, 0.1) is 11.5 Å². The third-order valence-corrected chi connectivity index (χ3v) is 6.83. The highest BCUT2D eigenvalue weighted by Gasteiger charge is 2.56. The SMILES string of the molecule is CC(C)(F)C[C@H](NC(=O)c1cccc(OC(F)(F)F)c1)C(=O)N1C[C@]2(CC1C#N)C(=O)Nc1ccc(Cl)cc12. The molecule has 0 aromatic heterocycles. The summed E-state index contributed by atoms with van der Waals surface area (Å²) in [5.41, 5.74) is -2.49. The van der Waals surface area contributed by atoms with Gasteiger partial charge in [-0.1, -0.05) is 17.7 Å². The van der Waals surface area contributed by atoms with Crippen LogP contribution < -0.4 is 15.4 Å². The summed E-state index contributed by atoms with van der Waals surface area (Å²) < 4.78 is 56.4. The van der Waals surface area contributed by atoms with Crippen LogP contribution in [0.3, 0.4) is 0 Å². The van der Waals surface area contributed by atoms with E-state index in [9.17, 15) is 37.2 Å². The van der Waals surface area contributed by atoms with Crippen molar-refractivity contribution in [1.82, 2.24) is 10.2 Å². The first-order valence-corrected chi connectivity index (χ1v) is 12.2. The zero-order chi connectivity index (χ0) is 28.8. The smallest absolute Gasteiger partial charge is 0.406 e. The van der Waals surface area contributed by atoms with E-state index < -0.39 is 59.4 Å². The highest BCUT2D eigenvalue weighted by molar-refractivity contribution is 6.31. The lowest BCUT2D eigenvalue weighted by molar-refractivity contribution is -0.274. The van der Waals surface area contributed by atoms with Gasteiger partial charge in [-0.2, -0.15) is 5.26 Å². The summed E-state index contributed by atoms with van der Waals surface area (Å²) in [5, 5.41) is 15.3. The maximum atomic E-state index is 14.8. The first kappa shape index (κ1) is 28.2. The van der Waals surface area contributed by atoms with E-state index in [1.54, 1.807) is 18.2 Å². The average molecular weight is 567 g/mol. The Bertz CT molecular complexity index is 1370. The number of nitrogens with one attached hydrogen (secondary N) is 2. The minimum absolute atomic E-state index is 0.0507. The van der Waals surface area contributed by atoms with Crippen molar-refractivity contribution in [3.05, 3.63) is 58.6 Å². The summed E-state index contributed by atoms with van der Waals surface area (Å²) in [6.07, 6.45) is -5.54. The van der Waals surface area contributed by atoms with E-state index in [4.69, 9.17) is 11.6 Å². The molecule has 3 atom stereocenters. The number of carbonyl (C=O) groups is 3. The number of likely N-dealkylation sites (tertiary alicyclic amines) is 1. The van der Waals surface area contributed by atoms with Crippen LogP contribution in [0.15, 0.2) is 42.5 Å². The van der Waals surface area contributed by atoms with Crippen LogP contribution in [-0.2, 0) is 15.0 Å². The average Bonchev–Trinajstić information content (AvgIpc) is 3.35. The second kappa shape index (κ2) is 10.0. The number of halogens is 5. The molecule has 1 unspecified atom stereocenters.